The van der Waals surface area contributed by atoms with E-state index in [2.05, 4.69) is 4.98 Å². The highest BCUT2D eigenvalue weighted by molar-refractivity contribution is 5.78. The number of carboxylic acid groups (broad SMARTS) is 1. The number of amides is 2. The highest BCUT2D eigenvalue weighted by atomic mass is 16.5. The third-order valence-electron chi connectivity index (χ3n) is 5.86. The summed E-state index contributed by atoms with van der Waals surface area (Å²) in [6.07, 6.45) is 3.56. The number of hydrogen-bond donors (Lipinski definition) is 1. The maximum absolute atomic E-state index is 13.1. The van der Waals surface area contributed by atoms with Crippen LogP contribution in [0.2, 0.25) is 0 Å². The van der Waals surface area contributed by atoms with E-state index < -0.39 is 6.09 Å². The van der Waals surface area contributed by atoms with Crippen LogP contribution in [0.3, 0.4) is 0 Å². The summed E-state index contributed by atoms with van der Waals surface area (Å²) >= 11 is 0. The first-order valence-electron chi connectivity index (χ1n) is 10.1. The van der Waals surface area contributed by atoms with E-state index in [9.17, 15) is 14.7 Å². The lowest BCUT2D eigenvalue weighted by molar-refractivity contribution is 0.0330. The van der Waals surface area contributed by atoms with Crippen LogP contribution in [0.1, 0.15) is 33.6 Å². The van der Waals surface area contributed by atoms with Crippen LogP contribution in [-0.4, -0.2) is 69.4 Å². The third kappa shape index (κ3) is 4.42. The number of ether oxygens (including phenoxy) is 1. The molecule has 2 heterocycles. The van der Waals surface area contributed by atoms with Gasteiger partial charge in [0.15, 0.2) is 0 Å². The largest absolute Gasteiger partial charge is 0.497 e. The fourth-order valence-corrected chi connectivity index (χ4v) is 4.03. The van der Waals surface area contributed by atoms with E-state index in [1.807, 2.05) is 45.0 Å². The number of likely N-dealkylation sites (tertiary alicyclic amines) is 1. The number of methoxy groups -OCH3 is 1. The highest BCUT2D eigenvalue weighted by Crippen LogP contribution is 2.33. The van der Waals surface area contributed by atoms with Crippen molar-refractivity contribution < 1.29 is 19.4 Å². The molecule has 1 aliphatic rings. The van der Waals surface area contributed by atoms with E-state index in [4.69, 9.17) is 4.74 Å². The van der Waals surface area contributed by atoms with Crippen LogP contribution in [0.4, 0.5) is 9.59 Å². The third-order valence-corrected chi connectivity index (χ3v) is 5.86. The zero-order valence-corrected chi connectivity index (χ0v) is 18.2. The van der Waals surface area contributed by atoms with Gasteiger partial charge in [0.25, 0.3) is 0 Å². The molecule has 0 saturated carbocycles. The molecule has 0 bridgehead atoms. The van der Waals surface area contributed by atoms with E-state index in [-0.39, 0.29) is 23.5 Å². The van der Waals surface area contributed by atoms with Crippen molar-refractivity contribution >= 4 is 12.1 Å². The predicted molar refractivity (Wildman–Crippen MR) is 114 cm³/mol. The normalized spacial score (nSPS) is 19.4. The molecule has 0 aliphatic carbocycles. The van der Waals surface area contributed by atoms with Gasteiger partial charge in [0.2, 0.25) is 0 Å². The number of aromatic nitrogens is 2. The van der Waals surface area contributed by atoms with Gasteiger partial charge in [-0.15, -0.1) is 0 Å². The van der Waals surface area contributed by atoms with Gasteiger partial charge in [-0.25, -0.2) is 14.6 Å². The average molecular weight is 415 g/mol. The number of piperidine rings is 1. The molecule has 2 unspecified atom stereocenters. The minimum Gasteiger partial charge on any atom is -0.497 e. The Kier molecular flexibility index (Phi) is 6.05. The van der Waals surface area contributed by atoms with E-state index in [0.717, 1.165) is 11.3 Å². The predicted octanol–water partition coefficient (Wildman–Crippen LogP) is 4.02. The van der Waals surface area contributed by atoms with Crippen LogP contribution in [0.5, 0.6) is 5.75 Å². The smallest absolute Gasteiger partial charge is 0.407 e. The van der Waals surface area contributed by atoms with Crippen LogP contribution in [0.25, 0.3) is 11.3 Å². The van der Waals surface area contributed by atoms with E-state index in [0.29, 0.717) is 25.1 Å². The number of imidazole rings is 1. The summed E-state index contributed by atoms with van der Waals surface area (Å²) in [4.78, 5) is 32.3. The summed E-state index contributed by atoms with van der Waals surface area (Å²) in [7, 11) is 3.39. The number of carbonyl (C=O) groups excluding carboxylic acids is 1. The summed E-state index contributed by atoms with van der Waals surface area (Å²) in [5.41, 5.74) is 1.39. The first-order chi connectivity index (χ1) is 14.1. The monoisotopic (exact) mass is 414 g/mol. The standard InChI is InChI=1S/C22H30N4O4/c1-22(2,3)19-12-16(10-11-26(19)21(28)29)24(4)20(27)25-13-18(23-14-25)15-6-8-17(30-5)9-7-15/h6-9,13-14,16,19H,10-12H2,1-5H3,(H,28,29). The fourth-order valence-electron chi connectivity index (χ4n) is 4.03. The van der Waals surface area contributed by atoms with Crippen LogP contribution in [-0.2, 0) is 0 Å². The molecule has 2 amide bonds. The molecule has 1 aromatic heterocycles. The topological polar surface area (TPSA) is 87.9 Å². The van der Waals surface area contributed by atoms with Gasteiger partial charge in [-0.3, -0.25) is 4.57 Å². The van der Waals surface area contributed by atoms with Crippen molar-refractivity contribution in [2.75, 3.05) is 20.7 Å². The molecule has 30 heavy (non-hydrogen) atoms. The molecule has 162 valence electrons. The molecule has 3 rings (SSSR count). The van der Waals surface area contributed by atoms with Crippen LogP contribution >= 0.6 is 0 Å². The molecule has 1 saturated heterocycles. The van der Waals surface area contributed by atoms with E-state index >= 15 is 0 Å². The summed E-state index contributed by atoms with van der Waals surface area (Å²) in [5.74, 6) is 0.759. The van der Waals surface area contributed by atoms with Gasteiger partial charge in [-0.05, 0) is 42.5 Å². The van der Waals surface area contributed by atoms with Gasteiger partial charge < -0.3 is 19.6 Å². The van der Waals surface area contributed by atoms with Crippen LogP contribution in [0.15, 0.2) is 36.8 Å². The molecule has 1 N–H and O–H groups in total. The molecular formula is C22H30N4O4. The lowest BCUT2D eigenvalue weighted by Crippen LogP contribution is -2.56. The maximum atomic E-state index is 13.1. The summed E-state index contributed by atoms with van der Waals surface area (Å²) in [5, 5.41) is 9.55. The summed E-state index contributed by atoms with van der Waals surface area (Å²) in [6, 6.07) is 7.13. The van der Waals surface area contributed by atoms with Gasteiger partial charge in [-0.1, -0.05) is 20.8 Å². The van der Waals surface area contributed by atoms with Gasteiger partial charge >= 0.3 is 12.1 Å². The summed E-state index contributed by atoms with van der Waals surface area (Å²) < 4.78 is 6.66. The Morgan fingerprint density at radius 2 is 1.90 bits per heavy atom. The Labute approximate surface area is 177 Å². The molecular weight excluding hydrogens is 384 g/mol. The molecule has 1 aliphatic heterocycles. The van der Waals surface area contributed by atoms with Gasteiger partial charge in [-0.2, -0.15) is 0 Å². The van der Waals surface area contributed by atoms with Crippen molar-refractivity contribution in [3.05, 3.63) is 36.8 Å². The summed E-state index contributed by atoms with van der Waals surface area (Å²) in [6.45, 7) is 6.53. The first-order valence-corrected chi connectivity index (χ1v) is 10.1. The quantitative estimate of drug-likeness (QED) is 0.820. The van der Waals surface area contributed by atoms with Crippen LogP contribution < -0.4 is 4.74 Å². The fraction of sp³-hybridized carbons (Fsp3) is 0.500. The van der Waals surface area contributed by atoms with E-state index in [1.54, 1.807) is 25.3 Å². The molecule has 2 aromatic rings. The van der Waals surface area contributed by atoms with Crippen LogP contribution in [0, 0.1) is 5.41 Å². The lowest BCUT2D eigenvalue weighted by Gasteiger charge is -2.46. The number of rotatable bonds is 3. The zero-order valence-electron chi connectivity index (χ0n) is 18.2. The molecule has 1 fully saturated rings. The second-order valence-electron chi connectivity index (χ2n) is 8.82. The molecule has 2 atom stereocenters. The maximum Gasteiger partial charge on any atom is 0.407 e. The minimum atomic E-state index is -0.902. The van der Waals surface area contributed by atoms with Crippen molar-refractivity contribution in [1.29, 1.82) is 0 Å². The van der Waals surface area contributed by atoms with Gasteiger partial charge in [0.1, 0.15) is 12.1 Å². The Hall–Kier alpha value is -3.03. The van der Waals surface area contributed by atoms with Crippen molar-refractivity contribution in [2.24, 2.45) is 5.41 Å². The van der Waals surface area contributed by atoms with Crippen molar-refractivity contribution in [3.8, 4) is 17.0 Å². The second kappa shape index (κ2) is 8.38. The number of carbonyl (C=O) groups is 2. The lowest BCUT2D eigenvalue weighted by atomic mass is 9.79. The van der Waals surface area contributed by atoms with Crippen molar-refractivity contribution in [1.82, 2.24) is 19.4 Å². The number of hydrogen-bond acceptors (Lipinski definition) is 4. The van der Waals surface area contributed by atoms with Gasteiger partial charge in [0, 0.05) is 37.4 Å². The Balaban J connectivity index is 1.74. The SMILES string of the molecule is COc1ccc(-c2cn(C(=O)N(C)C3CCN(C(=O)O)C(C(C)(C)C)C3)cn2)cc1. The molecule has 8 nitrogen and oxygen atoms in total. The molecule has 1 aromatic carbocycles. The highest BCUT2D eigenvalue weighted by Gasteiger charge is 2.40. The second-order valence-corrected chi connectivity index (χ2v) is 8.82. The van der Waals surface area contributed by atoms with Crippen molar-refractivity contribution in [3.63, 3.8) is 0 Å². The molecule has 0 radical (unpaired) electrons. The average Bonchev–Trinajstić information content (AvgIpc) is 3.21. The first kappa shape index (κ1) is 21.7. The van der Waals surface area contributed by atoms with E-state index in [1.165, 1.54) is 15.8 Å². The van der Waals surface area contributed by atoms with Crippen molar-refractivity contribution in [2.45, 2.75) is 45.7 Å². The Bertz CT molecular complexity index is 901. The molecule has 0 spiro atoms. The Morgan fingerprint density at radius 3 is 2.47 bits per heavy atom. The zero-order chi connectivity index (χ0) is 22.1. The molecule has 8 heteroatoms. The van der Waals surface area contributed by atoms with Gasteiger partial charge in [0.05, 0.1) is 12.8 Å². The number of nitrogens with zero attached hydrogens (tertiary/aromatic N) is 4. The Morgan fingerprint density at radius 1 is 1.23 bits per heavy atom. The number of benzene rings is 1. The minimum absolute atomic E-state index is 0.0378.